The fourth-order valence-corrected chi connectivity index (χ4v) is 5.92. The molecule has 6 heteroatoms. The molecule has 1 aliphatic rings. The van der Waals surface area contributed by atoms with Gasteiger partial charge in [0.25, 0.3) is 5.91 Å². The van der Waals surface area contributed by atoms with E-state index >= 15 is 0 Å². The first-order valence-electron chi connectivity index (χ1n) is 13.7. The summed E-state index contributed by atoms with van der Waals surface area (Å²) in [5.41, 5.74) is 7.28. The number of benzene rings is 3. The maximum Gasteiger partial charge on any atom is 1.00 e. The van der Waals surface area contributed by atoms with Gasteiger partial charge in [0.2, 0.25) is 0 Å². The summed E-state index contributed by atoms with van der Waals surface area (Å²) in [7, 11) is 0. The molecule has 4 nitrogen and oxygen atoms in total. The molecule has 0 spiro atoms. The largest absolute Gasteiger partial charge is 1.00 e. The fourth-order valence-electron chi connectivity index (χ4n) is 5.44. The minimum absolute atomic E-state index is 0. The molecule has 1 unspecified atom stereocenters. The van der Waals surface area contributed by atoms with E-state index in [-0.39, 0.29) is 24.8 Å². The number of nitrogens with one attached hydrogen (secondary N) is 1. The summed E-state index contributed by atoms with van der Waals surface area (Å²) >= 11 is 1.54. The molecule has 0 bridgehead atoms. The third-order valence-corrected chi connectivity index (χ3v) is 8.37. The van der Waals surface area contributed by atoms with Gasteiger partial charge in [-0.25, -0.2) is 0 Å². The first-order chi connectivity index (χ1) is 18.5. The average molecular weight is 536 g/mol. The smallest absolute Gasteiger partial charge is 0.548 e. The Morgan fingerprint density at radius 2 is 1.59 bits per heavy atom. The molecular weight excluding hydrogens is 497 g/mol. The Morgan fingerprint density at radius 1 is 0.923 bits per heavy atom. The Morgan fingerprint density at radius 3 is 2.26 bits per heavy atom. The number of rotatable bonds is 11. The van der Waals surface area contributed by atoms with E-state index in [2.05, 4.69) is 35.6 Å². The first kappa shape index (κ1) is 31.1. The molecule has 3 aromatic carbocycles. The first-order valence-corrected chi connectivity index (χ1v) is 15.1. The zero-order chi connectivity index (χ0) is 26.9. The molecule has 0 aromatic heterocycles. The summed E-state index contributed by atoms with van der Waals surface area (Å²) in [4.78, 5) is 24.9. The molecule has 0 radical (unpaired) electrons. The molecule has 4 rings (SSSR count). The third kappa shape index (κ3) is 8.51. The van der Waals surface area contributed by atoms with Crippen LogP contribution in [0, 0.1) is 6.92 Å². The van der Waals surface area contributed by atoms with Gasteiger partial charge in [-0.1, -0.05) is 79.9 Å². The van der Waals surface area contributed by atoms with Crippen molar-refractivity contribution in [1.82, 2.24) is 5.32 Å². The predicted molar refractivity (Wildman–Crippen MR) is 156 cm³/mol. The van der Waals surface area contributed by atoms with Crippen molar-refractivity contribution in [2.45, 2.75) is 70.3 Å². The Bertz CT molecular complexity index is 1240. The van der Waals surface area contributed by atoms with Crippen molar-refractivity contribution in [3.8, 4) is 11.1 Å². The van der Waals surface area contributed by atoms with E-state index in [0.29, 0.717) is 23.7 Å². The molecule has 1 saturated carbocycles. The number of carboxylic acids is 1. The normalized spacial score (nSPS) is 14.3. The quantitative estimate of drug-likeness (QED) is 0.383. The fraction of sp³-hybridized carbons (Fsp3) is 0.394. The minimum Gasteiger partial charge on any atom is -0.548 e. The molecule has 1 fully saturated rings. The molecule has 1 N–H and O–H groups in total. The van der Waals surface area contributed by atoms with Crippen molar-refractivity contribution in [3.05, 3.63) is 94.5 Å². The molecule has 0 aliphatic heterocycles. The van der Waals surface area contributed by atoms with Crippen LogP contribution in [0.4, 0.5) is 0 Å². The third-order valence-electron chi connectivity index (χ3n) is 7.72. The number of thioether (sulfide) groups is 1. The summed E-state index contributed by atoms with van der Waals surface area (Å²) in [5, 5.41) is 14.3. The van der Waals surface area contributed by atoms with Crippen LogP contribution in [0.15, 0.2) is 66.7 Å². The van der Waals surface area contributed by atoms with Crippen molar-refractivity contribution in [2.24, 2.45) is 0 Å². The van der Waals surface area contributed by atoms with Crippen LogP contribution in [0.5, 0.6) is 0 Å². The van der Waals surface area contributed by atoms with Crippen LogP contribution in [-0.2, 0) is 17.6 Å². The second-order valence-corrected chi connectivity index (χ2v) is 11.4. The Kier molecular flexibility index (Phi) is 12.2. The van der Waals surface area contributed by atoms with Crippen molar-refractivity contribution < 1.29 is 33.6 Å². The standard InChI is InChI=1S/C33H39NO3S.Li/c1-23-8-6-7-11-28(23)30-22-25(16-19-29(30)32(35)34-31(33(36)37)20-21-38-2)13-12-24-14-17-27(18-15-24)26-9-4-3-5-10-26;/h6-8,11,14-19,22,26,31H,3-5,9-10,12-13,20-21H2,1-2H3,(H,34,35)(H,36,37);/q;+1/p-1. The number of amides is 1. The van der Waals surface area contributed by atoms with E-state index in [1.807, 2.05) is 49.6 Å². The van der Waals surface area contributed by atoms with Crippen molar-refractivity contribution in [3.63, 3.8) is 0 Å². The van der Waals surface area contributed by atoms with Gasteiger partial charge in [0.05, 0.1) is 12.0 Å². The van der Waals surface area contributed by atoms with E-state index < -0.39 is 12.0 Å². The van der Waals surface area contributed by atoms with Crippen LogP contribution < -0.4 is 29.3 Å². The predicted octanol–water partition coefficient (Wildman–Crippen LogP) is 3.10. The second-order valence-electron chi connectivity index (χ2n) is 10.4. The molecule has 3 aromatic rings. The summed E-state index contributed by atoms with van der Waals surface area (Å²) in [6.45, 7) is 2.03. The van der Waals surface area contributed by atoms with Gasteiger partial charge in [-0.2, -0.15) is 11.8 Å². The monoisotopic (exact) mass is 535 g/mol. The zero-order valence-electron chi connectivity index (χ0n) is 23.5. The van der Waals surface area contributed by atoms with E-state index in [0.717, 1.165) is 35.1 Å². The maximum atomic E-state index is 13.3. The van der Waals surface area contributed by atoms with E-state index in [4.69, 9.17) is 0 Å². The van der Waals surface area contributed by atoms with Crippen LogP contribution in [0.2, 0.25) is 0 Å². The minimum atomic E-state index is -1.25. The van der Waals surface area contributed by atoms with Crippen LogP contribution in [0.25, 0.3) is 11.1 Å². The Labute approximate surface area is 249 Å². The average Bonchev–Trinajstić information content (AvgIpc) is 2.95. The van der Waals surface area contributed by atoms with Crippen LogP contribution in [0.1, 0.15) is 77.1 Å². The zero-order valence-corrected chi connectivity index (χ0v) is 24.3. The molecular formula is C33H38LiNO3S. The topological polar surface area (TPSA) is 69.2 Å². The van der Waals surface area contributed by atoms with Gasteiger partial charge in [-0.3, -0.25) is 4.79 Å². The molecule has 39 heavy (non-hydrogen) atoms. The van der Waals surface area contributed by atoms with Gasteiger partial charge >= 0.3 is 18.9 Å². The summed E-state index contributed by atoms with van der Waals surface area (Å²) < 4.78 is 0. The molecule has 1 aliphatic carbocycles. The summed E-state index contributed by atoms with van der Waals surface area (Å²) in [6, 6.07) is 22.0. The SMILES string of the molecule is CSCCC(NC(=O)c1ccc(CCc2ccc(C3CCCCC3)cc2)cc1-c1ccccc1C)C(=O)[O-].[Li+]. The second kappa shape index (κ2) is 15.4. The van der Waals surface area contributed by atoms with Gasteiger partial charge in [0.1, 0.15) is 0 Å². The van der Waals surface area contributed by atoms with E-state index in [9.17, 15) is 14.7 Å². The van der Waals surface area contributed by atoms with Crippen molar-refractivity contribution in [2.75, 3.05) is 12.0 Å². The van der Waals surface area contributed by atoms with Gasteiger partial charge in [0.15, 0.2) is 0 Å². The number of hydrogen-bond donors (Lipinski definition) is 1. The van der Waals surface area contributed by atoms with E-state index in [1.54, 1.807) is 11.8 Å². The van der Waals surface area contributed by atoms with Gasteiger partial charge in [-0.15, -0.1) is 0 Å². The van der Waals surface area contributed by atoms with E-state index in [1.165, 1.54) is 43.2 Å². The Balaban J connectivity index is 0.00000420. The summed E-state index contributed by atoms with van der Waals surface area (Å²) in [6.07, 6.45) is 10.7. The number of carbonyl (C=O) groups is 2. The van der Waals surface area contributed by atoms with Gasteiger partial charge < -0.3 is 15.2 Å². The van der Waals surface area contributed by atoms with Crippen molar-refractivity contribution in [1.29, 1.82) is 0 Å². The molecule has 200 valence electrons. The molecule has 0 saturated heterocycles. The molecule has 1 atom stereocenters. The molecule has 1 amide bonds. The van der Waals surface area contributed by atoms with Crippen LogP contribution in [-0.4, -0.2) is 29.9 Å². The maximum absolute atomic E-state index is 13.3. The number of aliphatic carboxylic acids is 1. The number of carbonyl (C=O) groups excluding carboxylic acids is 2. The van der Waals surface area contributed by atoms with Crippen LogP contribution in [0.3, 0.4) is 0 Å². The number of aryl methyl sites for hydroxylation is 3. The van der Waals surface area contributed by atoms with Crippen molar-refractivity contribution >= 4 is 23.6 Å². The summed E-state index contributed by atoms with van der Waals surface area (Å²) in [5.74, 6) is -0.297. The van der Waals surface area contributed by atoms with Gasteiger partial charge in [-0.05, 0) is 96.4 Å². The van der Waals surface area contributed by atoms with Gasteiger partial charge in [0, 0.05) is 5.56 Å². The number of hydrogen-bond acceptors (Lipinski definition) is 4. The van der Waals surface area contributed by atoms with Crippen LogP contribution >= 0.6 is 11.8 Å². The Hall–Kier alpha value is -2.45. The number of carboxylic acid groups (broad SMARTS) is 1. The molecule has 0 heterocycles.